The highest BCUT2D eigenvalue weighted by atomic mass is 16.6. The summed E-state index contributed by atoms with van der Waals surface area (Å²) in [5.41, 5.74) is 2.35. The summed E-state index contributed by atoms with van der Waals surface area (Å²) < 4.78 is 1.78. The first-order valence-corrected chi connectivity index (χ1v) is 6.79. The zero-order valence-corrected chi connectivity index (χ0v) is 11.7. The van der Waals surface area contributed by atoms with Crippen molar-refractivity contribution < 1.29 is 4.92 Å². The molecular weight excluding hydrogens is 280 g/mol. The largest absolute Gasteiger partial charge is 0.347 e. The van der Waals surface area contributed by atoms with Crippen LogP contribution in [-0.4, -0.2) is 14.7 Å². The molecule has 1 N–H and O–H groups in total. The first-order chi connectivity index (χ1) is 10.7. The number of anilines is 2. The normalized spacial score (nSPS) is 10.4. The van der Waals surface area contributed by atoms with Gasteiger partial charge in [0.25, 0.3) is 5.69 Å². The van der Waals surface area contributed by atoms with Crippen molar-refractivity contribution in [3.05, 3.63) is 82.7 Å². The van der Waals surface area contributed by atoms with Crippen LogP contribution in [0.5, 0.6) is 0 Å². The lowest BCUT2D eigenvalue weighted by molar-refractivity contribution is -0.383. The number of nitrogens with zero attached hydrogens (tertiary/aromatic N) is 3. The Morgan fingerprint density at radius 1 is 1.09 bits per heavy atom. The molecule has 3 rings (SSSR count). The lowest BCUT2D eigenvalue weighted by atomic mass is 10.2. The summed E-state index contributed by atoms with van der Waals surface area (Å²) in [6, 6.07) is 16.5. The van der Waals surface area contributed by atoms with E-state index in [4.69, 9.17) is 0 Å². The first kappa shape index (κ1) is 13.8. The lowest BCUT2D eigenvalue weighted by Crippen LogP contribution is -1.99. The number of nitro benzene ring substituents is 1. The van der Waals surface area contributed by atoms with Crippen LogP contribution in [0.15, 0.2) is 67.0 Å². The van der Waals surface area contributed by atoms with Crippen LogP contribution in [-0.2, 0) is 6.54 Å². The molecule has 0 aliphatic carbocycles. The summed E-state index contributed by atoms with van der Waals surface area (Å²) in [7, 11) is 0. The Hall–Kier alpha value is -3.15. The predicted octanol–water partition coefficient (Wildman–Crippen LogP) is 3.58. The molecule has 0 radical (unpaired) electrons. The monoisotopic (exact) mass is 294 g/mol. The number of nitrogens with one attached hydrogen (secondary N) is 1. The highest BCUT2D eigenvalue weighted by molar-refractivity contribution is 5.68. The Morgan fingerprint density at radius 3 is 2.59 bits per heavy atom. The maximum atomic E-state index is 11.0. The second-order valence-corrected chi connectivity index (χ2v) is 4.81. The smallest absolute Gasteiger partial charge is 0.292 e. The molecular formula is C16H14N4O2. The molecule has 0 bridgehead atoms. The Morgan fingerprint density at radius 2 is 1.82 bits per heavy atom. The van der Waals surface area contributed by atoms with Gasteiger partial charge in [0.05, 0.1) is 23.4 Å². The van der Waals surface area contributed by atoms with Crippen LogP contribution in [0.1, 0.15) is 5.56 Å². The molecule has 0 saturated heterocycles. The van der Waals surface area contributed by atoms with E-state index in [1.165, 1.54) is 6.07 Å². The highest BCUT2D eigenvalue weighted by Crippen LogP contribution is 2.26. The quantitative estimate of drug-likeness (QED) is 0.576. The third kappa shape index (κ3) is 3.12. The van der Waals surface area contributed by atoms with E-state index in [-0.39, 0.29) is 5.69 Å². The SMILES string of the molecule is O=[N+]([O-])c1ccccc1Nc1cnn(Cc2ccccc2)c1. The van der Waals surface area contributed by atoms with Gasteiger partial charge in [-0.25, -0.2) is 0 Å². The third-order valence-corrected chi connectivity index (χ3v) is 3.20. The van der Waals surface area contributed by atoms with E-state index in [0.717, 1.165) is 5.56 Å². The number of benzene rings is 2. The molecule has 0 saturated carbocycles. The molecule has 110 valence electrons. The molecule has 0 fully saturated rings. The van der Waals surface area contributed by atoms with Crippen LogP contribution in [0.2, 0.25) is 0 Å². The fourth-order valence-electron chi connectivity index (χ4n) is 2.18. The molecule has 2 aromatic carbocycles. The summed E-state index contributed by atoms with van der Waals surface area (Å²) in [5.74, 6) is 0. The van der Waals surface area contributed by atoms with Gasteiger partial charge in [0.15, 0.2) is 0 Å². The fraction of sp³-hybridized carbons (Fsp3) is 0.0625. The Bertz CT molecular complexity index is 784. The minimum atomic E-state index is -0.406. The molecule has 1 aromatic heterocycles. The lowest BCUT2D eigenvalue weighted by Gasteiger charge is -2.04. The van der Waals surface area contributed by atoms with Crippen molar-refractivity contribution in [1.29, 1.82) is 0 Å². The van der Waals surface area contributed by atoms with Crippen molar-refractivity contribution in [3.8, 4) is 0 Å². The van der Waals surface area contributed by atoms with Gasteiger partial charge in [-0.1, -0.05) is 42.5 Å². The van der Waals surface area contributed by atoms with Crippen LogP contribution in [0.4, 0.5) is 17.1 Å². The zero-order valence-electron chi connectivity index (χ0n) is 11.7. The van der Waals surface area contributed by atoms with Crippen LogP contribution < -0.4 is 5.32 Å². The van der Waals surface area contributed by atoms with Crippen LogP contribution in [0.25, 0.3) is 0 Å². The van der Waals surface area contributed by atoms with E-state index in [0.29, 0.717) is 17.9 Å². The average Bonchev–Trinajstić information content (AvgIpc) is 2.96. The maximum Gasteiger partial charge on any atom is 0.292 e. The predicted molar refractivity (Wildman–Crippen MR) is 84.2 cm³/mol. The van der Waals surface area contributed by atoms with Crippen LogP contribution in [0, 0.1) is 10.1 Å². The first-order valence-electron chi connectivity index (χ1n) is 6.79. The highest BCUT2D eigenvalue weighted by Gasteiger charge is 2.12. The van der Waals surface area contributed by atoms with E-state index in [2.05, 4.69) is 10.4 Å². The molecule has 1 heterocycles. The molecule has 0 spiro atoms. The topological polar surface area (TPSA) is 73.0 Å². The summed E-state index contributed by atoms with van der Waals surface area (Å²) in [5, 5.41) is 18.3. The average molecular weight is 294 g/mol. The van der Waals surface area contributed by atoms with Crippen molar-refractivity contribution in [3.63, 3.8) is 0 Å². The zero-order chi connectivity index (χ0) is 15.4. The summed E-state index contributed by atoms with van der Waals surface area (Å²) in [6.07, 6.45) is 3.48. The second-order valence-electron chi connectivity index (χ2n) is 4.81. The minimum absolute atomic E-state index is 0.0401. The van der Waals surface area contributed by atoms with Crippen LogP contribution >= 0.6 is 0 Å². The molecule has 0 unspecified atom stereocenters. The molecule has 0 aliphatic heterocycles. The van der Waals surface area contributed by atoms with E-state index in [9.17, 15) is 10.1 Å². The number of rotatable bonds is 5. The van der Waals surface area contributed by atoms with Crippen LogP contribution in [0.3, 0.4) is 0 Å². The summed E-state index contributed by atoms with van der Waals surface area (Å²) >= 11 is 0. The van der Waals surface area contributed by atoms with E-state index < -0.39 is 4.92 Å². The molecule has 0 amide bonds. The van der Waals surface area contributed by atoms with Gasteiger partial charge in [-0.05, 0) is 11.6 Å². The Kier molecular flexibility index (Phi) is 3.82. The molecule has 3 aromatic rings. The molecule has 22 heavy (non-hydrogen) atoms. The van der Waals surface area contributed by atoms with E-state index >= 15 is 0 Å². The van der Waals surface area contributed by atoms with Gasteiger partial charge >= 0.3 is 0 Å². The number of aromatic nitrogens is 2. The Balaban J connectivity index is 1.76. The molecule has 0 aliphatic rings. The number of hydrogen-bond donors (Lipinski definition) is 1. The summed E-state index contributed by atoms with van der Waals surface area (Å²) in [6.45, 7) is 0.652. The minimum Gasteiger partial charge on any atom is -0.347 e. The van der Waals surface area contributed by atoms with E-state index in [1.54, 1.807) is 29.1 Å². The number of hydrogen-bond acceptors (Lipinski definition) is 4. The van der Waals surface area contributed by atoms with Crippen molar-refractivity contribution in [2.75, 3.05) is 5.32 Å². The van der Waals surface area contributed by atoms with Gasteiger partial charge in [-0.3, -0.25) is 14.8 Å². The van der Waals surface area contributed by atoms with Crippen molar-refractivity contribution in [2.45, 2.75) is 6.54 Å². The van der Waals surface area contributed by atoms with Gasteiger partial charge in [0, 0.05) is 12.3 Å². The third-order valence-electron chi connectivity index (χ3n) is 3.20. The van der Waals surface area contributed by atoms with Gasteiger partial charge in [-0.15, -0.1) is 0 Å². The van der Waals surface area contributed by atoms with Gasteiger partial charge in [-0.2, -0.15) is 5.10 Å². The number of para-hydroxylation sites is 2. The Labute approximate surface area is 127 Å². The second kappa shape index (κ2) is 6.09. The van der Waals surface area contributed by atoms with Gasteiger partial charge in [0.1, 0.15) is 5.69 Å². The van der Waals surface area contributed by atoms with Crippen molar-refractivity contribution >= 4 is 17.1 Å². The molecule has 0 atom stereocenters. The molecule has 6 heteroatoms. The summed E-state index contributed by atoms with van der Waals surface area (Å²) in [4.78, 5) is 10.6. The van der Waals surface area contributed by atoms with Crippen molar-refractivity contribution in [2.24, 2.45) is 0 Å². The van der Waals surface area contributed by atoms with Crippen molar-refractivity contribution in [1.82, 2.24) is 9.78 Å². The molecule has 6 nitrogen and oxygen atoms in total. The van der Waals surface area contributed by atoms with Gasteiger partial charge in [0.2, 0.25) is 0 Å². The standard InChI is InChI=1S/C16H14N4O2/c21-20(22)16-9-5-4-8-15(16)18-14-10-17-19(12-14)11-13-6-2-1-3-7-13/h1-10,12,18H,11H2. The number of nitro groups is 1. The van der Waals surface area contributed by atoms with Gasteiger partial charge < -0.3 is 5.32 Å². The fourth-order valence-corrected chi connectivity index (χ4v) is 2.18. The maximum absolute atomic E-state index is 11.0. The van der Waals surface area contributed by atoms with E-state index in [1.807, 2.05) is 36.5 Å².